The van der Waals surface area contributed by atoms with E-state index >= 15 is 0 Å². The molecule has 2 aromatic heterocycles. The minimum Gasteiger partial charge on any atom is -0.322 e. The highest BCUT2D eigenvalue weighted by atomic mass is 32.1. The van der Waals surface area contributed by atoms with Crippen molar-refractivity contribution in [1.29, 1.82) is 0 Å². The summed E-state index contributed by atoms with van der Waals surface area (Å²) in [5, 5.41) is 15.2. The zero-order chi connectivity index (χ0) is 17.9. The van der Waals surface area contributed by atoms with Crippen LogP contribution in [0.1, 0.15) is 20.0 Å². The third-order valence-electron chi connectivity index (χ3n) is 3.83. The van der Waals surface area contributed by atoms with Gasteiger partial charge in [-0.15, -0.1) is 11.3 Å². The average Bonchev–Trinajstić information content (AvgIpc) is 3.33. The number of amides is 2. The van der Waals surface area contributed by atoms with Gasteiger partial charge in [-0.1, -0.05) is 12.1 Å². The van der Waals surface area contributed by atoms with Gasteiger partial charge in [-0.3, -0.25) is 14.7 Å². The van der Waals surface area contributed by atoms with Gasteiger partial charge in [-0.2, -0.15) is 5.10 Å². The maximum atomic E-state index is 12.5. The first-order valence-electron chi connectivity index (χ1n) is 7.88. The van der Waals surface area contributed by atoms with E-state index in [4.69, 9.17) is 0 Å². The summed E-state index contributed by atoms with van der Waals surface area (Å²) >= 11 is 1.37. The minimum atomic E-state index is -0.250. The summed E-state index contributed by atoms with van der Waals surface area (Å²) in [5.74, 6) is -0.442. The van der Waals surface area contributed by atoms with Crippen molar-refractivity contribution in [3.63, 3.8) is 0 Å². The number of aromatic amines is 1. The molecular weight excluding hydrogens is 348 g/mol. The van der Waals surface area contributed by atoms with Gasteiger partial charge in [-0.05, 0) is 47.8 Å². The monoisotopic (exact) mass is 362 g/mol. The molecule has 0 saturated carbocycles. The number of H-pyrrole nitrogens is 1. The Morgan fingerprint density at radius 3 is 2.62 bits per heavy atom. The topological polar surface area (TPSA) is 86.9 Å². The number of nitrogens with one attached hydrogen (secondary N) is 3. The van der Waals surface area contributed by atoms with Crippen molar-refractivity contribution in [3.05, 3.63) is 76.6 Å². The fourth-order valence-corrected chi connectivity index (χ4v) is 3.18. The second-order valence-corrected chi connectivity index (χ2v) is 6.59. The molecule has 2 aromatic carbocycles. The second-order valence-electron chi connectivity index (χ2n) is 5.64. The van der Waals surface area contributed by atoms with Gasteiger partial charge in [0.05, 0.1) is 16.6 Å². The van der Waals surface area contributed by atoms with Crippen LogP contribution < -0.4 is 10.6 Å². The highest BCUT2D eigenvalue weighted by Gasteiger charge is 2.10. The van der Waals surface area contributed by atoms with E-state index in [9.17, 15) is 9.59 Å². The summed E-state index contributed by atoms with van der Waals surface area (Å²) in [6.07, 6.45) is 1.70. The van der Waals surface area contributed by atoms with Crippen molar-refractivity contribution in [2.75, 3.05) is 10.6 Å². The van der Waals surface area contributed by atoms with Gasteiger partial charge in [0.2, 0.25) is 0 Å². The molecule has 7 heteroatoms. The maximum absolute atomic E-state index is 12.5. The highest BCUT2D eigenvalue weighted by molar-refractivity contribution is 7.12. The number of rotatable bonds is 4. The van der Waals surface area contributed by atoms with Crippen molar-refractivity contribution in [2.45, 2.75) is 0 Å². The molecule has 4 aromatic rings. The van der Waals surface area contributed by atoms with Crippen LogP contribution in [0, 0.1) is 0 Å². The van der Waals surface area contributed by atoms with E-state index in [1.807, 2.05) is 23.6 Å². The Morgan fingerprint density at radius 2 is 1.77 bits per heavy atom. The zero-order valence-corrected chi connectivity index (χ0v) is 14.3. The fourth-order valence-electron chi connectivity index (χ4n) is 2.56. The lowest BCUT2D eigenvalue weighted by Crippen LogP contribution is -2.14. The third kappa shape index (κ3) is 3.33. The molecule has 2 amide bonds. The van der Waals surface area contributed by atoms with Crippen LogP contribution in [-0.4, -0.2) is 22.0 Å². The molecule has 0 radical (unpaired) electrons. The van der Waals surface area contributed by atoms with Crippen LogP contribution >= 0.6 is 11.3 Å². The van der Waals surface area contributed by atoms with Gasteiger partial charge in [0.15, 0.2) is 0 Å². The number of aromatic nitrogens is 2. The summed E-state index contributed by atoms with van der Waals surface area (Å²) in [5.41, 5.74) is 2.61. The van der Waals surface area contributed by atoms with E-state index in [0.717, 1.165) is 10.9 Å². The highest BCUT2D eigenvalue weighted by Crippen LogP contribution is 2.19. The van der Waals surface area contributed by atoms with Crippen molar-refractivity contribution in [3.8, 4) is 0 Å². The number of carbonyl (C=O) groups is 2. The maximum Gasteiger partial charge on any atom is 0.265 e. The Morgan fingerprint density at radius 1 is 0.923 bits per heavy atom. The molecule has 0 aliphatic heterocycles. The van der Waals surface area contributed by atoms with Crippen LogP contribution in [0.5, 0.6) is 0 Å². The lowest BCUT2D eigenvalue weighted by molar-refractivity contribution is 0.101. The number of hydrogen-bond donors (Lipinski definition) is 3. The first kappa shape index (κ1) is 16.0. The Balaban J connectivity index is 1.50. The van der Waals surface area contributed by atoms with Gasteiger partial charge >= 0.3 is 0 Å². The molecule has 26 heavy (non-hydrogen) atoms. The van der Waals surface area contributed by atoms with Gasteiger partial charge in [0.25, 0.3) is 11.8 Å². The molecule has 3 N–H and O–H groups in total. The Bertz CT molecular complexity index is 1090. The van der Waals surface area contributed by atoms with Crippen molar-refractivity contribution >= 4 is 45.4 Å². The number of hydrogen-bond acceptors (Lipinski definition) is 4. The average molecular weight is 362 g/mol. The molecule has 0 bridgehead atoms. The number of fused-ring (bicyclic) bond motifs is 1. The van der Waals surface area contributed by atoms with Gasteiger partial charge in [-0.25, -0.2) is 0 Å². The number of nitrogens with zero attached hydrogens (tertiary/aromatic N) is 1. The fraction of sp³-hybridized carbons (Fsp3) is 0. The first-order valence-corrected chi connectivity index (χ1v) is 8.76. The Kier molecular flexibility index (Phi) is 4.20. The van der Waals surface area contributed by atoms with Crippen LogP contribution in [0.3, 0.4) is 0 Å². The van der Waals surface area contributed by atoms with Crippen molar-refractivity contribution in [2.24, 2.45) is 0 Å². The summed E-state index contributed by atoms with van der Waals surface area (Å²) in [6, 6.07) is 15.9. The largest absolute Gasteiger partial charge is 0.322 e. The quantitative estimate of drug-likeness (QED) is 0.510. The standard InChI is InChI=1S/C19H14N4O2S/c24-18(21-15-6-7-16-13(10-15)11-20-23-16)12-3-1-4-14(9-12)22-19(25)17-5-2-8-26-17/h1-11H,(H,20,23)(H,21,24)(H,22,25). The van der Waals surface area contributed by atoms with E-state index in [-0.39, 0.29) is 11.8 Å². The Labute approximate surface area is 152 Å². The molecule has 0 aliphatic carbocycles. The molecule has 0 atom stereocenters. The number of thiophene rings is 1. The SMILES string of the molecule is O=C(Nc1ccc2[nH]ncc2c1)c1cccc(NC(=O)c2cccs2)c1. The van der Waals surface area contributed by atoms with Crippen LogP contribution in [-0.2, 0) is 0 Å². The lowest BCUT2D eigenvalue weighted by Gasteiger charge is -2.08. The molecule has 4 rings (SSSR count). The third-order valence-corrected chi connectivity index (χ3v) is 4.69. The molecule has 0 spiro atoms. The second kappa shape index (κ2) is 6.81. The predicted octanol–water partition coefficient (Wildman–Crippen LogP) is 4.13. The van der Waals surface area contributed by atoms with Crippen molar-refractivity contribution in [1.82, 2.24) is 10.2 Å². The lowest BCUT2D eigenvalue weighted by atomic mass is 10.1. The summed E-state index contributed by atoms with van der Waals surface area (Å²) in [6.45, 7) is 0. The number of anilines is 2. The molecule has 128 valence electrons. The van der Waals surface area contributed by atoms with Crippen LogP contribution in [0.15, 0.2) is 66.2 Å². The summed E-state index contributed by atoms with van der Waals surface area (Å²) in [4.78, 5) is 25.3. The zero-order valence-electron chi connectivity index (χ0n) is 13.5. The predicted molar refractivity (Wildman–Crippen MR) is 103 cm³/mol. The first-order chi connectivity index (χ1) is 12.7. The van der Waals surface area contributed by atoms with Crippen molar-refractivity contribution < 1.29 is 9.59 Å². The van der Waals surface area contributed by atoms with E-state index in [1.54, 1.807) is 42.6 Å². The molecule has 0 aliphatic rings. The van der Waals surface area contributed by atoms with Gasteiger partial charge in [0, 0.05) is 22.3 Å². The molecule has 0 saturated heterocycles. The van der Waals surface area contributed by atoms with E-state index in [0.29, 0.717) is 21.8 Å². The molecule has 0 fully saturated rings. The van der Waals surface area contributed by atoms with Crippen LogP contribution in [0.25, 0.3) is 10.9 Å². The van der Waals surface area contributed by atoms with E-state index in [2.05, 4.69) is 20.8 Å². The van der Waals surface area contributed by atoms with Crippen LogP contribution in [0.2, 0.25) is 0 Å². The molecule has 0 unspecified atom stereocenters. The number of carbonyl (C=O) groups excluding carboxylic acids is 2. The van der Waals surface area contributed by atoms with Gasteiger partial charge < -0.3 is 10.6 Å². The van der Waals surface area contributed by atoms with Gasteiger partial charge in [0.1, 0.15) is 0 Å². The Hall–Kier alpha value is -3.45. The smallest absolute Gasteiger partial charge is 0.265 e. The van der Waals surface area contributed by atoms with E-state index < -0.39 is 0 Å². The van der Waals surface area contributed by atoms with Crippen LogP contribution in [0.4, 0.5) is 11.4 Å². The van der Waals surface area contributed by atoms with E-state index in [1.165, 1.54) is 11.3 Å². The minimum absolute atomic E-state index is 0.192. The molecule has 6 nitrogen and oxygen atoms in total. The summed E-state index contributed by atoms with van der Waals surface area (Å²) in [7, 11) is 0. The number of benzene rings is 2. The molecule has 2 heterocycles. The summed E-state index contributed by atoms with van der Waals surface area (Å²) < 4.78 is 0. The molecular formula is C19H14N4O2S. The normalized spacial score (nSPS) is 10.6.